The lowest BCUT2D eigenvalue weighted by Gasteiger charge is -2.18. The Morgan fingerprint density at radius 1 is 0.356 bits per heavy atom. The van der Waals surface area contributed by atoms with Gasteiger partial charge < -0.3 is 14.2 Å². The van der Waals surface area contributed by atoms with Crippen LogP contribution >= 0.6 is 0 Å². The maximum Gasteiger partial charge on any atom is 0.306 e. The van der Waals surface area contributed by atoms with Gasteiger partial charge in [0.1, 0.15) is 13.2 Å². The van der Waals surface area contributed by atoms with Gasteiger partial charge in [-0.15, -0.1) is 0 Å². The van der Waals surface area contributed by atoms with Gasteiger partial charge >= 0.3 is 17.9 Å². The van der Waals surface area contributed by atoms with Gasteiger partial charge in [-0.25, -0.2) is 0 Å². The average molecular weight is 827 g/mol. The summed E-state index contributed by atoms with van der Waals surface area (Å²) in [6.45, 7) is 6.46. The highest BCUT2D eigenvalue weighted by Gasteiger charge is 2.19. The number of carbonyl (C=O) groups excluding carboxylic acids is 3. The van der Waals surface area contributed by atoms with Crippen LogP contribution < -0.4 is 0 Å². The van der Waals surface area contributed by atoms with E-state index in [9.17, 15) is 14.4 Å². The molecule has 1 unspecified atom stereocenters. The minimum atomic E-state index is -0.794. The molecule has 0 saturated heterocycles. The molecule has 0 rings (SSSR count). The molecular weight excluding hydrogens is 733 g/mol. The Kier molecular flexibility index (Phi) is 45.9. The number of allylic oxidation sites excluding steroid dienone is 8. The maximum atomic E-state index is 12.7. The van der Waals surface area contributed by atoms with Crippen molar-refractivity contribution in [1.82, 2.24) is 0 Å². The smallest absolute Gasteiger partial charge is 0.306 e. The normalized spacial score (nSPS) is 12.4. The highest BCUT2D eigenvalue weighted by molar-refractivity contribution is 5.71. The molecule has 0 aliphatic heterocycles. The summed E-state index contributed by atoms with van der Waals surface area (Å²) >= 11 is 0. The fraction of sp³-hybridized carbons (Fsp3) is 0.792. The van der Waals surface area contributed by atoms with E-state index in [2.05, 4.69) is 69.4 Å². The van der Waals surface area contributed by atoms with Gasteiger partial charge in [0.05, 0.1) is 0 Å². The summed E-state index contributed by atoms with van der Waals surface area (Å²) in [4.78, 5) is 37.8. The standard InChI is InChI=1S/C53H94O6/c1-4-7-10-13-16-19-21-23-25-26-27-28-30-31-34-37-40-43-46-52(55)58-49-50(48-57-51(54)45-42-39-36-33-18-15-12-9-6-3)59-53(56)47-44-41-38-35-32-29-24-22-20-17-14-11-8-5-2/h9,12,18,27-29,32-33,50H,4-8,10-11,13-17,19-26,30-31,34-49H2,1-3H3/b12-9-,28-27-,32-29-,33-18-. The SMILES string of the molecule is CC/C=C\C/C=C\CCCCC(=O)OCC(COC(=O)CCCCCCC/C=C\CCCCCCCCCCC)OC(=O)CCCCC/C=C\CCCCCCCCC. The van der Waals surface area contributed by atoms with Crippen molar-refractivity contribution >= 4 is 17.9 Å². The monoisotopic (exact) mass is 827 g/mol. The average Bonchev–Trinajstić information content (AvgIpc) is 3.23. The van der Waals surface area contributed by atoms with Gasteiger partial charge in [0.15, 0.2) is 6.10 Å². The molecule has 59 heavy (non-hydrogen) atoms. The third-order valence-electron chi connectivity index (χ3n) is 10.8. The first-order valence-electron chi connectivity index (χ1n) is 25.1. The molecule has 1 atom stereocenters. The van der Waals surface area contributed by atoms with Crippen LogP contribution in [0.4, 0.5) is 0 Å². The summed E-state index contributed by atoms with van der Waals surface area (Å²) in [5, 5.41) is 0. The molecule has 6 nitrogen and oxygen atoms in total. The molecule has 0 spiro atoms. The summed E-state index contributed by atoms with van der Waals surface area (Å²) in [5.41, 5.74) is 0. The van der Waals surface area contributed by atoms with E-state index in [0.717, 1.165) is 89.9 Å². The fourth-order valence-corrected chi connectivity index (χ4v) is 7.00. The lowest BCUT2D eigenvalue weighted by molar-refractivity contribution is -0.167. The zero-order chi connectivity index (χ0) is 43.0. The van der Waals surface area contributed by atoms with Gasteiger partial charge in [-0.2, -0.15) is 0 Å². The summed E-state index contributed by atoms with van der Waals surface area (Å²) in [5.74, 6) is -0.952. The molecule has 0 aliphatic carbocycles. The first-order chi connectivity index (χ1) is 29.0. The van der Waals surface area contributed by atoms with Crippen molar-refractivity contribution in [3.63, 3.8) is 0 Å². The van der Waals surface area contributed by atoms with E-state index in [4.69, 9.17) is 14.2 Å². The Labute approximate surface area is 365 Å². The van der Waals surface area contributed by atoms with Crippen molar-refractivity contribution in [2.45, 2.75) is 258 Å². The summed E-state index contributed by atoms with van der Waals surface area (Å²) in [6, 6.07) is 0. The maximum absolute atomic E-state index is 12.7. The number of hydrogen-bond donors (Lipinski definition) is 0. The highest BCUT2D eigenvalue weighted by Crippen LogP contribution is 2.14. The summed E-state index contributed by atoms with van der Waals surface area (Å²) < 4.78 is 16.7. The van der Waals surface area contributed by atoms with Crippen molar-refractivity contribution in [3.8, 4) is 0 Å². The van der Waals surface area contributed by atoms with Crippen LogP contribution in [0.3, 0.4) is 0 Å². The third-order valence-corrected chi connectivity index (χ3v) is 10.8. The van der Waals surface area contributed by atoms with Crippen LogP contribution in [0, 0.1) is 0 Å². The number of carbonyl (C=O) groups is 3. The molecule has 0 bridgehead atoms. The molecule has 0 fully saturated rings. The second kappa shape index (κ2) is 48.0. The minimum Gasteiger partial charge on any atom is -0.462 e. The van der Waals surface area contributed by atoms with Gasteiger partial charge in [0.2, 0.25) is 0 Å². The number of ether oxygens (including phenoxy) is 3. The van der Waals surface area contributed by atoms with Crippen molar-refractivity contribution in [1.29, 1.82) is 0 Å². The number of rotatable bonds is 45. The zero-order valence-corrected chi connectivity index (χ0v) is 39.0. The van der Waals surface area contributed by atoms with Crippen LogP contribution in [0.15, 0.2) is 48.6 Å². The minimum absolute atomic E-state index is 0.0932. The Bertz CT molecular complexity index is 1040. The Morgan fingerprint density at radius 3 is 1.08 bits per heavy atom. The van der Waals surface area contributed by atoms with Crippen LogP contribution in [0.1, 0.15) is 252 Å². The first kappa shape index (κ1) is 56.4. The second-order valence-corrected chi connectivity index (χ2v) is 16.7. The van der Waals surface area contributed by atoms with Gasteiger partial charge in [-0.3, -0.25) is 14.4 Å². The van der Waals surface area contributed by atoms with Gasteiger partial charge in [-0.1, -0.05) is 185 Å². The first-order valence-corrected chi connectivity index (χ1v) is 25.1. The summed E-state index contributed by atoms with van der Waals surface area (Å²) in [6.07, 6.45) is 56.8. The molecule has 0 N–H and O–H groups in total. The van der Waals surface area contributed by atoms with Crippen molar-refractivity contribution < 1.29 is 28.6 Å². The molecule has 0 aromatic heterocycles. The Hall–Kier alpha value is -2.63. The predicted octanol–water partition coefficient (Wildman–Crippen LogP) is 16.3. The number of esters is 3. The molecular formula is C53H94O6. The van der Waals surface area contributed by atoms with Gasteiger partial charge in [-0.05, 0) is 96.3 Å². The number of hydrogen-bond acceptors (Lipinski definition) is 6. The van der Waals surface area contributed by atoms with Gasteiger partial charge in [0.25, 0.3) is 0 Å². The van der Waals surface area contributed by atoms with Crippen LogP contribution in [0.2, 0.25) is 0 Å². The molecule has 0 aromatic rings. The van der Waals surface area contributed by atoms with Crippen LogP contribution in [0.5, 0.6) is 0 Å². The largest absolute Gasteiger partial charge is 0.462 e. The number of unbranched alkanes of at least 4 members (excludes halogenated alkanes) is 26. The van der Waals surface area contributed by atoms with E-state index in [1.807, 2.05) is 0 Å². The quantitative estimate of drug-likeness (QED) is 0.0263. The Balaban J connectivity index is 4.35. The second-order valence-electron chi connectivity index (χ2n) is 16.7. The zero-order valence-electron chi connectivity index (χ0n) is 39.0. The summed E-state index contributed by atoms with van der Waals surface area (Å²) in [7, 11) is 0. The van der Waals surface area contributed by atoms with E-state index < -0.39 is 6.10 Å². The van der Waals surface area contributed by atoms with Crippen LogP contribution in [-0.4, -0.2) is 37.2 Å². The van der Waals surface area contributed by atoms with Gasteiger partial charge in [0, 0.05) is 19.3 Å². The molecule has 6 heteroatoms. The van der Waals surface area contributed by atoms with E-state index in [-0.39, 0.29) is 31.1 Å². The third kappa shape index (κ3) is 46.3. The molecule has 0 heterocycles. The van der Waals surface area contributed by atoms with Crippen molar-refractivity contribution in [2.75, 3.05) is 13.2 Å². The van der Waals surface area contributed by atoms with Crippen LogP contribution in [-0.2, 0) is 28.6 Å². The molecule has 0 radical (unpaired) electrons. The van der Waals surface area contributed by atoms with Crippen molar-refractivity contribution in [3.05, 3.63) is 48.6 Å². The van der Waals surface area contributed by atoms with E-state index in [0.29, 0.717) is 19.3 Å². The molecule has 0 amide bonds. The molecule has 0 aromatic carbocycles. The van der Waals surface area contributed by atoms with Crippen molar-refractivity contribution in [2.24, 2.45) is 0 Å². The molecule has 0 aliphatic rings. The van der Waals surface area contributed by atoms with E-state index in [1.165, 1.54) is 122 Å². The lowest BCUT2D eigenvalue weighted by atomic mass is 10.1. The fourth-order valence-electron chi connectivity index (χ4n) is 7.00. The van der Waals surface area contributed by atoms with E-state index >= 15 is 0 Å². The predicted molar refractivity (Wildman–Crippen MR) is 252 cm³/mol. The lowest BCUT2D eigenvalue weighted by Crippen LogP contribution is -2.30. The highest BCUT2D eigenvalue weighted by atomic mass is 16.6. The Morgan fingerprint density at radius 2 is 0.661 bits per heavy atom. The molecule has 342 valence electrons. The van der Waals surface area contributed by atoms with Crippen LogP contribution in [0.25, 0.3) is 0 Å². The van der Waals surface area contributed by atoms with E-state index in [1.54, 1.807) is 0 Å². The molecule has 0 saturated carbocycles. The topological polar surface area (TPSA) is 78.9 Å².